The summed E-state index contributed by atoms with van der Waals surface area (Å²) in [5.74, 6) is 3.05. The second-order valence-corrected chi connectivity index (χ2v) is 14.6. The van der Waals surface area contributed by atoms with E-state index >= 15 is 0 Å². The maximum atomic E-state index is 2.58. The van der Waals surface area contributed by atoms with Gasteiger partial charge >= 0.3 is 175 Å². The first-order valence-corrected chi connectivity index (χ1v) is 15.9. The summed E-state index contributed by atoms with van der Waals surface area (Å²) in [6, 6.07) is 0. The second-order valence-electron chi connectivity index (χ2n) is 9.72. The van der Waals surface area contributed by atoms with E-state index in [9.17, 15) is 0 Å². The van der Waals surface area contributed by atoms with E-state index in [2.05, 4.69) is 48.5 Å². The number of hydrogen-bond donors (Lipinski definition) is 0. The summed E-state index contributed by atoms with van der Waals surface area (Å²) < 4.78 is 0. The van der Waals surface area contributed by atoms with E-state index in [1.165, 1.54) is 77.0 Å². The van der Waals surface area contributed by atoms with Crippen LogP contribution >= 0.6 is 7.26 Å². The third-order valence-corrected chi connectivity index (χ3v) is 13.4. The minimum absolute atomic E-state index is 1.02. The molecule has 1 heteroatoms. The number of unbranched alkanes of at least 4 members (excludes halogenated alkanes) is 3. The quantitative estimate of drug-likeness (QED) is 0.189. The molecule has 0 heterocycles. The van der Waals surface area contributed by atoms with Crippen molar-refractivity contribution in [3.05, 3.63) is 0 Å². The van der Waals surface area contributed by atoms with E-state index in [1.54, 1.807) is 24.6 Å². The molecule has 0 amide bonds. The zero-order valence-corrected chi connectivity index (χ0v) is 21.5. The predicted molar refractivity (Wildman–Crippen MR) is 133 cm³/mol. The van der Waals surface area contributed by atoms with Crippen LogP contribution in [0, 0.1) is 17.8 Å². The van der Waals surface area contributed by atoms with Crippen LogP contribution in [0.2, 0.25) is 0 Å². The molecule has 0 saturated heterocycles. The number of rotatable bonds is 19. The van der Waals surface area contributed by atoms with E-state index in [-0.39, 0.29) is 0 Å². The maximum absolute atomic E-state index is 2.58. The molecule has 0 aromatic rings. The summed E-state index contributed by atoms with van der Waals surface area (Å²) in [5, 5.41) is 0. The van der Waals surface area contributed by atoms with Crippen molar-refractivity contribution >= 4 is 7.26 Å². The van der Waals surface area contributed by atoms with Gasteiger partial charge in [-0.25, -0.2) is 0 Å². The zero-order valence-electron chi connectivity index (χ0n) is 20.5. The van der Waals surface area contributed by atoms with Gasteiger partial charge in [-0.3, -0.25) is 0 Å². The van der Waals surface area contributed by atoms with Crippen molar-refractivity contribution in [1.29, 1.82) is 0 Å². The van der Waals surface area contributed by atoms with Gasteiger partial charge in [0, 0.05) is 0 Å². The molecule has 3 unspecified atom stereocenters. The predicted octanol–water partition coefficient (Wildman–Crippen LogP) is 9.41. The third-order valence-electron chi connectivity index (χ3n) is 7.54. The molecule has 27 heavy (non-hydrogen) atoms. The van der Waals surface area contributed by atoms with Gasteiger partial charge in [-0.05, 0) is 0 Å². The van der Waals surface area contributed by atoms with Gasteiger partial charge in [0.15, 0.2) is 0 Å². The molecule has 166 valence electrons. The molecule has 0 aliphatic heterocycles. The number of hydrogen-bond acceptors (Lipinski definition) is 0. The van der Waals surface area contributed by atoms with Crippen LogP contribution in [0.15, 0.2) is 0 Å². The first-order valence-electron chi connectivity index (χ1n) is 13.0. The van der Waals surface area contributed by atoms with Gasteiger partial charge in [0.1, 0.15) is 0 Å². The summed E-state index contributed by atoms with van der Waals surface area (Å²) in [5.41, 5.74) is 0. The van der Waals surface area contributed by atoms with Gasteiger partial charge in [-0.1, -0.05) is 0 Å². The topological polar surface area (TPSA) is 0 Å². The van der Waals surface area contributed by atoms with Crippen LogP contribution in [-0.2, 0) is 0 Å². The van der Waals surface area contributed by atoms with Gasteiger partial charge in [0.25, 0.3) is 0 Å². The van der Waals surface area contributed by atoms with Crippen molar-refractivity contribution in [1.82, 2.24) is 0 Å². The van der Waals surface area contributed by atoms with E-state index in [0.717, 1.165) is 17.8 Å². The van der Waals surface area contributed by atoms with E-state index in [4.69, 9.17) is 0 Å². The first-order chi connectivity index (χ1) is 13.0. The Labute approximate surface area is 175 Å². The fraction of sp³-hybridized carbons (Fsp3) is 1.00. The van der Waals surface area contributed by atoms with Gasteiger partial charge in [-0.2, -0.15) is 0 Å². The molecule has 0 N–H and O–H groups in total. The van der Waals surface area contributed by atoms with Crippen LogP contribution in [0.3, 0.4) is 0 Å². The van der Waals surface area contributed by atoms with Crippen LogP contribution in [-0.4, -0.2) is 24.6 Å². The molecular weight excluding hydrogens is 343 g/mol. The summed E-state index contributed by atoms with van der Waals surface area (Å²) in [4.78, 5) is 0. The van der Waals surface area contributed by atoms with Crippen LogP contribution < -0.4 is 0 Å². The van der Waals surface area contributed by atoms with Gasteiger partial charge in [-0.15, -0.1) is 0 Å². The molecule has 0 aromatic heterocycles. The normalized spacial score (nSPS) is 16.3. The molecule has 0 fully saturated rings. The molecule has 0 rings (SSSR count). The van der Waals surface area contributed by atoms with Crippen molar-refractivity contribution in [2.75, 3.05) is 24.6 Å². The summed E-state index contributed by atoms with van der Waals surface area (Å²) in [6.07, 6.45) is 23.7. The molecule has 0 bridgehead atoms. The van der Waals surface area contributed by atoms with Crippen molar-refractivity contribution in [2.45, 2.75) is 126 Å². The Kier molecular flexibility index (Phi) is 17.6. The Balaban J connectivity index is 5.35. The SMILES string of the molecule is CCCCC(CC)C[PH](CC)(CC(CC)CCCC)CC(CC)CCCC. The van der Waals surface area contributed by atoms with E-state index in [1.807, 2.05) is 0 Å². The van der Waals surface area contributed by atoms with E-state index in [0.29, 0.717) is 0 Å². The minimum atomic E-state index is -1.17. The molecule has 0 spiro atoms. The average Bonchev–Trinajstić information content (AvgIpc) is 2.70. The van der Waals surface area contributed by atoms with Crippen molar-refractivity contribution in [3.8, 4) is 0 Å². The van der Waals surface area contributed by atoms with E-state index < -0.39 is 7.26 Å². The Hall–Kier alpha value is 0.430. The molecule has 0 saturated carbocycles. The van der Waals surface area contributed by atoms with Crippen LogP contribution in [0.5, 0.6) is 0 Å². The molecule has 0 radical (unpaired) electrons. The molecule has 3 atom stereocenters. The summed E-state index contributed by atoms with van der Waals surface area (Å²) in [7, 11) is -1.17. The Morgan fingerprint density at radius 1 is 0.481 bits per heavy atom. The average molecular weight is 401 g/mol. The second kappa shape index (κ2) is 17.3. The standard InChI is InChI=1S/C26H57P/c1-8-15-18-24(11-4)21-27(14-7,22-25(12-5)19-16-9-2)23-26(13-6)20-17-10-3/h24-27H,8-23H2,1-7H3. The van der Waals surface area contributed by atoms with Crippen LogP contribution in [0.4, 0.5) is 0 Å². The Morgan fingerprint density at radius 2 is 0.778 bits per heavy atom. The Morgan fingerprint density at radius 3 is 0.963 bits per heavy atom. The van der Waals surface area contributed by atoms with Crippen molar-refractivity contribution in [2.24, 2.45) is 17.8 Å². The summed E-state index contributed by atoms with van der Waals surface area (Å²) in [6.45, 7) is 17.1. The third kappa shape index (κ3) is 11.9. The van der Waals surface area contributed by atoms with Gasteiger partial charge in [0.05, 0.1) is 0 Å². The van der Waals surface area contributed by atoms with Gasteiger partial charge in [0.2, 0.25) is 0 Å². The molecule has 0 aliphatic rings. The molecule has 0 nitrogen and oxygen atoms in total. The summed E-state index contributed by atoms with van der Waals surface area (Å²) >= 11 is 0. The fourth-order valence-electron chi connectivity index (χ4n) is 5.35. The van der Waals surface area contributed by atoms with Gasteiger partial charge < -0.3 is 0 Å². The zero-order chi connectivity index (χ0) is 20.5. The van der Waals surface area contributed by atoms with Crippen molar-refractivity contribution in [3.63, 3.8) is 0 Å². The van der Waals surface area contributed by atoms with Crippen LogP contribution in [0.25, 0.3) is 0 Å². The van der Waals surface area contributed by atoms with Crippen LogP contribution in [0.1, 0.15) is 126 Å². The fourth-order valence-corrected chi connectivity index (χ4v) is 11.9. The monoisotopic (exact) mass is 400 g/mol. The Bertz CT molecular complexity index is 266. The first kappa shape index (κ1) is 27.4. The molecular formula is C26H57P. The van der Waals surface area contributed by atoms with Crippen molar-refractivity contribution < 1.29 is 0 Å². The molecule has 0 aromatic carbocycles. The molecule has 0 aliphatic carbocycles.